The van der Waals surface area contributed by atoms with Crippen molar-refractivity contribution in [3.05, 3.63) is 42.1 Å². The summed E-state index contributed by atoms with van der Waals surface area (Å²) in [4.78, 5) is 27.1. The Balaban J connectivity index is 1.70. The fourth-order valence-corrected chi connectivity index (χ4v) is 3.84. The van der Waals surface area contributed by atoms with E-state index in [4.69, 9.17) is 5.73 Å². The second-order valence-electron chi connectivity index (χ2n) is 9.32. The maximum atomic E-state index is 14.6. The van der Waals surface area contributed by atoms with E-state index in [0.29, 0.717) is 0 Å². The highest BCUT2D eigenvalue weighted by Gasteiger charge is 2.45. The summed E-state index contributed by atoms with van der Waals surface area (Å²) < 4.78 is 16.4. The lowest BCUT2D eigenvalue weighted by molar-refractivity contribution is -0.142. The van der Waals surface area contributed by atoms with Gasteiger partial charge in [-0.15, -0.1) is 0 Å². The Morgan fingerprint density at radius 2 is 1.87 bits per heavy atom. The molecular formula is C23H32FN5O2. The normalized spacial score (nSPS) is 21.1. The Hall–Kier alpha value is -2.74. The molecule has 1 aromatic heterocycles. The summed E-state index contributed by atoms with van der Waals surface area (Å²) in [5, 5.41) is 7.04. The number of hydrogen-bond donors (Lipinski definition) is 2. The molecule has 1 aromatic carbocycles. The minimum atomic E-state index is -1.41. The highest BCUT2D eigenvalue weighted by atomic mass is 19.1. The standard InChI is InChI=1S/C23H32FN5O2/c1-14(15-6-8-16(9-7-15)18-10-12-26-28(18)5)27-21(30)19-17(24)11-13-29(19)22(31)20(25)23(2,3)4/h6-10,12,14,17,19-20H,11,13,25H2,1-5H3,(H,27,30). The van der Waals surface area contributed by atoms with Gasteiger partial charge in [0.25, 0.3) is 0 Å². The smallest absolute Gasteiger partial charge is 0.246 e. The molecule has 3 rings (SSSR count). The largest absolute Gasteiger partial charge is 0.348 e. The molecule has 0 spiro atoms. The van der Waals surface area contributed by atoms with Gasteiger partial charge < -0.3 is 16.0 Å². The van der Waals surface area contributed by atoms with Gasteiger partial charge in [-0.1, -0.05) is 45.0 Å². The molecule has 1 aliphatic rings. The van der Waals surface area contributed by atoms with Gasteiger partial charge in [-0.25, -0.2) is 4.39 Å². The third-order valence-corrected chi connectivity index (χ3v) is 5.96. The van der Waals surface area contributed by atoms with Gasteiger partial charge >= 0.3 is 0 Å². The lowest BCUT2D eigenvalue weighted by Gasteiger charge is -2.33. The van der Waals surface area contributed by atoms with Gasteiger partial charge in [0.1, 0.15) is 12.2 Å². The van der Waals surface area contributed by atoms with Gasteiger partial charge in [0.2, 0.25) is 11.8 Å². The van der Waals surface area contributed by atoms with Gasteiger partial charge in [0.05, 0.1) is 17.8 Å². The van der Waals surface area contributed by atoms with Crippen LogP contribution in [0.1, 0.15) is 45.7 Å². The van der Waals surface area contributed by atoms with Crippen LogP contribution in [0.15, 0.2) is 36.5 Å². The second-order valence-corrected chi connectivity index (χ2v) is 9.32. The molecule has 31 heavy (non-hydrogen) atoms. The number of nitrogens with zero attached hydrogens (tertiary/aromatic N) is 3. The van der Waals surface area contributed by atoms with Crippen molar-refractivity contribution >= 4 is 11.8 Å². The van der Waals surface area contributed by atoms with Crippen LogP contribution in [0.25, 0.3) is 11.3 Å². The number of nitrogens with one attached hydrogen (secondary N) is 1. The van der Waals surface area contributed by atoms with E-state index in [9.17, 15) is 14.0 Å². The van der Waals surface area contributed by atoms with E-state index < -0.39 is 29.6 Å². The summed E-state index contributed by atoms with van der Waals surface area (Å²) in [7, 11) is 1.87. The maximum absolute atomic E-state index is 14.6. The molecular weight excluding hydrogens is 397 g/mol. The van der Waals surface area contributed by atoms with Crippen molar-refractivity contribution in [2.45, 2.75) is 58.4 Å². The third-order valence-electron chi connectivity index (χ3n) is 5.96. The number of carbonyl (C=O) groups excluding carboxylic acids is 2. The van der Waals surface area contributed by atoms with Crippen LogP contribution < -0.4 is 11.1 Å². The van der Waals surface area contributed by atoms with E-state index >= 15 is 0 Å². The molecule has 3 N–H and O–H groups in total. The Morgan fingerprint density at radius 1 is 1.23 bits per heavy atom. The molecule has 2 heterocycles. The SMILES string of the molecule is CC(NC(=O)C1C(F)CCN1C(=O)C(N)C(C)(C)C)c1ccc(-c2ccnn2C)cc1. The van der Waals surface area contributed by atoms with Crippen LogP contribution in [0.2, 0.25) is 0 Å². The van der Waals surface area contributed by atoms with Crippen LogP contribution >= 0.6 is 0 Å². The van der Waals surface area contributed by atoms with Gasteiger partial charge in [0.15, 0.2) is 0 Å². The molecule has 4 unspecified atom stereocenters. The zero-order valence-corrected chi connectivity index (χ0v) is 18.8. The maximum Gasteiger partial charge on any atom is 0.246 e. The zero-order chi connectivity index (χ0) is 22.9. The highest BCUT2D eigenvalue weighted by molar-refractivity contribution is 5.91. The number of benzene rings is 1. The van der Waals surface area contributed by atoms with Crippen molar-refractivity contribution in [1.82, 2.24) is 20.0 Å². The number of hydrogen-bond acceptors (Lipinski definition) is 4. The summed E-state index contributed by atoms with van der Waals surface area (Å²) in [5.74, 6) is -0.886. The lowest BCUT2D eigenvalue weighted by atomic mass is 9.86. The molecule has 0 radical (unpaired) electrons. The van der Waals surface area contributed by atoms with Crippen molar-refractivity contribution in [2.75, 3.05) is 6.54 Å². The number of halogens is 1. The third kappa shape index (κ3) is 4.79. The summed E-state index contributed by atoms with van der Waals surface area (Å²) in [6.07, 6.45) is 0.462. The van der Waals surface area contributed by atoms with E-state index in [1.165, 1.54) is 4.90 Å². The molecule has 1 saturated heterocycles. The van der Waals surface area contributed by atoms with Gasteiger partial charge in [-0.3, -0.25) is 14.3 Å². The quantitative estimate of drug-likeness (QED) is 0.764. The van der Waals surface area contributed by atoms with E-state index in [0.717, 1.165) is 16.8 Å². The monoisotopic (exact) mass is 429 g/mol. The summed E-state index contributed by atoms with van der Waals surface area (Å²) in [5.41, 5.74) is 8.49. The minimum Gasteiger partial charge on any atom is -0.348 e. The molecule has 0 aliphatic carbocycles. The molecule has 8 heteroatoms. The average Bonchev–Trinajstić information content (AvgIpc) is 3.31. The van der Waals surface area contributed by atoms with Crippen LogP contribution in [-0.4, -0.2) is 51.3 Å². The van der Waals surface area contributed by atoms with E-state index in [2.05, 4.69) is 10.4 Å². The fraction of sp³-hybridized carbons (Fsp3) is 0.522. The van der Waals surface area contributed by atoms with Crippen molar-refractivity contribution in [3.8, 4) is 11.3 Å². The van der Waals surface area contributed by atoms with Gasteiger partial charge in [0, 0.05) is 19.8 Å². The van der Waals surface area contributed by atoms with E-state index in [1.807, 2.05) is 65.1 Å². The predicted molar refractivity (Wildman–Crippen MR) is 118 cm³/mol. The van der Waals surface area contributed by atoms with Crippen molar-refractivity contribution in [3.63, 3.8) is 0 Å². The number of carbonyl (C=O) groups is 2. The van der Waals surface area contributed by atoms with Crippen LogP contribution in [0, 0.1) is 5.41 Å². The Kier molecular flexibility index (Phi) is 6.50. The molecule has 168 valence electrons. The first-order valence-corrected chi connectivity index (χ1v) is 10.6. The predicted octanol–water partition coefficient (Wildman–Crippen LogP) is 2.58. The minimum absolute atomic E-state index is 0.133. The molecule has 7 nitrogen and oxygen atoms in total. The van der Waals surface area contributed by atoms with Crippen molar-refractivity contribution in [2.24, 2.45) is 18.2 Å². The zero-order valence-electron chi connectivity index (χ0n) is 18.8. The number of nitrogens with two attached hydrogens (primary N) is 1. The molecule has 2 aromatic rings. The molecule has 0 saturated carbocycles. The fourth-order valence-electron chi connectivity index (χ4n) is 3.84. The first-order valence-electron chi connectivity index (χ1n) is 10.6. The topological polar surface area (TPSA) is 93.2 Å². The summed E-state index contributed by atoms with van der Waals surface area (Å²) in [6, 6.07) is 7.40. The molecule has 0 bridgehead atoms. The lowest BCUT2D eigenvalue weighted by Crippen LogP contribution is -2.56. The summed E-state index contributed by atoms with van der Waals surface area (Å²) in [6.45, 7) is 7.59. The van der Waals surface area contributed by atoms with Crippen molar-refractivity contribution in [1.29, 1.82) is 0 Å². The number of aryl methyl sites for hydroxylation is 1. The number of amides is 2. The Bertz CT molecular complexity index is 934. The van der Waals surface area contributed by atoms with Crippen LogP contribution in [0.4, 0.5) is 4.39 Å². The molecule has 2 amide bonds. The van der Waals surface area contributed by atoms with Crippen LogP contribution in [-0.2, 0) is 16.6 Å². The highest BCUT2D eigenvalue weighted by Crippen LogP contribution is 2.27. The first kappa shape index (κ1) is 22.9. The number of aromatic nitrogens is 2. The number of rotatable bonds is 5. The van der Waals surface area contributed by atoms with Gasteiger partial charge in [-0.2, -0.15) is 5.10 Å². The second kappa shape index (κ2) is 8.78. The number of alkyl halides is 1. The molecule has 1 fully saturated rings. The van der Waals surface area contributed by atoms with E-state index in [1.54, 1.807) is 10.9 Å². The Labute approximate surface area is 182 Å². The van der Waals surface area contributed by atoms with Crippen LogP contribution in [0.5, 0.6) is 0 Å². The number of likely N-dealkylation sites (tertiary alicyclic amines) is 1. The first-order chi connectivity index (χ1) is 14.5. The van der Waals surface area contributed by atoms with Crippen molar-refractivity contribution < 1.29 is 14.0 Å². The Morgan fingerprint density at radius 3 is 2.42 bits per heavy atom. The summed E-state index contributed by atoms with van der Waals surface area (Å²) >= 11 is 0. The van der Waals surface area contributed by atoms with E-state index in [-0.39, 0.29) is 24.9 Å². The average molecular weight is 430 g/mol. The van der Waals surface area contributed by atoms with Crippen LogP contribution in [0.3, 0.4) is 0 Å². The molecule has 4 atom stereocenters. The molecule has 1 aliphatic heterocycles. The van der Waals surface area contributed by atoms with Gasteiger partial charge in [-0.05, 0) is 36.0 Å².